The number of phenols is 1. The van der Waals surface area contributed by atoms with Gasteiger partial charge in [0.15, 0.2) is 0 Å². The molecule has 1 spiro atoms. The molecule has 8 nitrogen and oxygen atoms in total. The topological polar surface area (TPSA) is 101 Å². The van der Waals surface area contributed by atoms with E-state index in [2.05, 4.69) is 20.9 Å². The van der Waals surface area contributed by atoms with Crippen LogP contribution in [0, 0.1) is 0 Å². The Kier molecular flexibility index (Phi) is 4.21. The number of hydrogen-bond donors (Lipinski definition) is 3. The minimum atomic E-state index is -0.689. The number of para-hydroxylation sites is 1. The highest BCUT2D eigenvalue weighted by atomic mass is 16.5. The Morgan fingerprint density at radius 3 is 3.07 bits per heavy atom. The lowest BCUT2D eigenvalue weighted by Crippen LogP contribution is -2.46. The number of amides is 1. The first-order valence-electron chi connectivity index (χ1n) is 9.56. The third kappa shape index (κ3) is 3.11. The summed E-state index contributed by atoms with van der Waals surface area (Å²) >= 11 is 0. The number of nitrogens with one attached hydrogen (secondary N) is 2. The first-order chi connectivity index (χ1) is 14.1. The van der Waals surface area contributed by atoms with Gasteiger partial charge in [0.25, 0.3) is 0 Å². The molecular formula is C21H21N5O3. The predicted octanol–water partition coefficient (Wildman–Crippen LogP) is 2.45. The maximum absolute atomic E-state index is 12.8. The van der Waals surface area contributed by atoms with Gasteiger partial charge in [-0.1, -0.05) is 29.5 Å². The number of hydrogen-bond acceptors (Lipinski definition) is 6. The van der Waals surface area contributed by atoms with Gasteiger partial charge in [0.05, 0.1) is 32.0 Å². The average Bonchev–Trinajstić information content (AvgIpc) is 3.31. The molecule has 1 amide bonds. The summed E-state index contributed by atoms with van der Waals surface area (Å²) in [6.45, 7) is 1.33. The molecule has 3 heterocycles. The minimum Gasteiger partial charge on any atom is -0.508 e. The summed E-state index contributed by atoms with van der Waals surface area (Å²) in [5.41, 5.74) is 2.73. The van der Waals surface area contributed by atoms with Crippen LogP contribution in [0.5, 0.6) is 5.75 Å². The van der Waals surface area contributed by atoms with E-state index in [1.54, 1.807) is 22.9 Å². The van der Waals surface area contributed by atoms with Crippen molar-refractivity contribution >= 4 is 17.3 Å². The number of anilines is 2. The number of carbonyl (C=O) groups excluding carboxylic acids is 1. The molecule has 0 radical (unpaired) electrons. The molecule has 1 saturated heterocycles. The van der Waals surface area contributed by atoms with Crippen LogP contribution in [0.2, 0.25) is 0 Å². The summed E-state index contributed by atoms with van der Waals surface area (Å²) in [4.78, 5) is 12.8. The highest BCUT2D eigenvalue weighted by molar-refractivity contribution is 6.06. The highest BCUT2D eigenvalue weighted by Crippen LogP contribution is 2.45. The lowest BCUT2D eigenvalue weighted by Gasteiger charge is -2.36. The van der Waals surface area contributed by atoms with Gasteiger partial charge in [0.1, 0.15) is 16.9 Å². The van der Waals surface area contributed by atoms with Crippen LogP contribution in [0.25, 0.3) is 0 Å². The predicted molar refractivity (Wildman–Crippen MR) is 107 cm³/mol. The number of fused-ring (bicyclic) bond motifs is 2. The summed E-state index contributed by atoms with van der Waals surface area (Å²) in [5, 5.41) is 24.3. The van der Waals surface area contributed by atoms with Gasteiger partial charge in [-0.15, -0.1) is 5.10 Å². The number of benzene rings is 2. The molecule has 2 atom stereocenters. The fraction of sp³-hybridized carbons (Fsp3) is 0.286. The van der Waals surface area contributed by atoms with Crippen LogP contribution in [0.3, 0.4) is 0 Å². The van der Waals surface area contributed by atoms with Gasteiger partial charge in [0, 0.05) is 17.4 Å². The zero-order valence-electron chi connectivity index (χ0n) is 15.7. The fourth-order valence-corrected chi connectivity index (χ4v) is 4.16. The van der Waals surface area contributed by atoms with Crippen LogP contribution < -0.4 is 10.6 Å². The number of rotatable bonds is 4. The summed E-state index contributed by atoms with van der Waals surface area (Å²) in [5.74, 6) is 0.188. The fourth-order valence-electron chi connectivity index (χ4n) is 4.16. The Bertz CT molecular complexity index is 1070. The summed E-state index contributed by atoms with van der Waals surface area (Å²) in [7, 11) is 0. The van der Waals surface area contributed by atoms with Crippen LogP contribution in [-0.2, 0) is 21.5 Å². The maximum atomic E-state index is 12.8. The van der Waals surface area contributed by atoms with Gasteiger partial charge < -0.3 is 20.5 Å². The standard InChI is InChI=1S/C21H21N5O3/c27-17-5-3-4-14(8-17)22-10-15-11-26(25-24-15)16-9-21(13-29-12-16)18-6-1-2-7-19(18)23-20(21)28/h1-8,11,16,22,27H,9-10,12-13H2,(H,23,28). The Hall–Kier alpha value is -3.39. The van der Waals surface area contributed by atoms with E-state index in [9.17, 15) is 9.90 Å². The summed E-state index contributed by atoms with van der Waals surface area (Å²) < 4.78 is 7.65. The van der Waals surface area contributed by atoms with Crippen LogP contribution in [0.4, 0.5) is 11.4 Å². The van der Waals surface area contributed by atoms with Crippen molar-refractivity contribution in [3.8, 4) is 5.75 Å². The van der Waals surface area contributed by atoms with Gasteiger partial charge in [-0.05, 0) is 30.2 Å². The van der Waals surface area contributed by atoms with E-state index in [1.807, 2.05) is 36.5 Å². The average molecular weight is 391 g/mol. The summed E-state index contributed by atoms with van der Waals surface area (Å²) in [6.07, 6.45) is 2.49. The Balaban J connectivity index is 1.33. The van der Waals surface area contributed by atoms with Crippen LogP contribution in [-0.4, -0.2) is 39.2 Å². The Labute approximate surface area is 167 Å². The van der Waals surface area contributed by atoms with Crippen LogP contribution in [0.1, 0.15) is 23.7 Å². The van der Waals surface area contributed by atoms with E-state index >= 15 is 0 Å². The Morgan fingerprint density at radius 1 is 1.28 bits per heavy atom. The monoisotopic (exact) mass is 391 g/mol. The molecule has 2 aliphatic rings. The van der Waals surface area contributed by atoms with Crippen molar-refractivity contribution in [1.82, 2.24) is 15.0 Å². The zero-order valence-corrected chi connectivity index (χ0v) is 15.7. The van der Waals surface area contributed by atoms with E-state index < -0.39 is 5.41 Å². The van der Waals surface area contributed by atoms with E-state index in [4.69, 9.17) is 4.74 Å². The van der Waals surface area contributed by atoms with Crippen molar-refractivity contribution in [2.24, 2.45) is 0 Å². The lowest BCUT2D eigenvalue weighted by molar-refractivity contribution is -0.127. The molecule has 5 rings (SSSR count). The normalized spacial score (nSPS) is 23.0. The molecule has 3 aromatic rings. The number of aromatic nitrogens is 3. The third-order valence-corrected chi connectivity index (χ3v) is 5.62. The SMILES string of the molecule is O=C1Nc2ccccc2C12COCC(n1cc(CNc3cccc(O)c3)nn1)C2. The second-order valence-electron chi connectivity index (χ2n) is 7.55. The van der Waals surface area contributed by atoms with Gasteiger partial charge in [-0.25, -0.2) is 4.68 Å². The largest absolute Gasteiger partial charge is 0.508 e. The molecule has 29 heavy (non-hydrogen) atoms. The molecule has 2 aromatic carbocycles. The van der Waals surface area contributed by atoms with E-state index in [0.717, 1.165) is 22.6 Å². The molecule has 3 N–H and O–H groups in total. The van der Waals surface area contributed by atoms with E-state index in [-0.39, 0.29) is 17.7 Å². The highest BCUT2D eigenvalue weighted by Gasteiger charge is 2.50. The van der Waals surface area contributed by atoms with Gasteiger partial charge in [0.2, 0.25) is 5.91 Å². The van der Waals surface area contributed by atoms with E-state index in [0.29, 0.717) is 26.2 Å². The van der Waals surface area contributed by atoms with Gasteiger partial charge in [-0.2, -0.15) is 0 Å². The number of aromatic hydroxyl groups is 1. The zero-order chi connectivity index (χ0) is 19.8. The second kappa shape index (κ2) is 6.89. The van der Waals surface area contributed by atoms with Crippen molar-refractivity contribution in [2.75, 3.05) is 23.8 Å². The molecule has 0 bridgehead atoms. The molecule has 0 aliphatic carbocycles. The minimum absolute atomic E-state index is 0.0192. The van der Waals surface area contributed by atoms with Crippen molar-refractivity contribution < 1.29 is 14.6 Å². The quantitative estimate of drug-likeness (QED) is 0.632. The van der Waals surface area contributed by atoms with Crippen molar-refractivity contribution in [1.29, 1.82) is 0 Å². The molecule has 2 unspecified atom stereocenters. The van der Waals surface area contributed by atoms with Crippen LogP contribution >= 0.6 is 0 Å². The maximum Gasteiger partial charge on any atom is 0.237 e. The second-order valence-corrected chi connectivity index (χ2v) is 7.55. The number of ether oxygens (including phenoxy) is 1. The van der Waals surface area contributed by atoms with Crippen molar-refractivity contribution in [2.45, 2.75) is 24.4 Å². The number of phenolic OH excluding ortho intramolecular Hbond substituents is 1. The molecule has 1 fully saturated rings. The number of carbonyl (C=O) groups is 1. The van der Waals surface area contributed by atoms with Crippen molar-refractivity contribution in [3.05, 3.63) is 66.0 Å². The van der Waals surface area contributed by atoms with Crippen LogP contribution in [0.15, 0.2) is 54.7 Å². The lowest BCUT2D eigenvalue weighted by atomic mass is 9.76. The van der Waals surface area contributed by atoms with Gasteiger partial charge in [-0.3, -0.25) is 4.79 Å². The molecular weight excluding hydrogens is 370 g/mol. The molecule has 148 valence electrons. The first-order valence-corrected chi connectivity index (χ1v) is 9.56. The molecule has 2 aliphatic heterocycles. The molecule has 1 aromatic heterocycles. The number of nitrogens with zero attached hydrogens (tertiary/aromatic N) is 3. The third-order valence-electron chi connectivity index (χ3n) is 5.62. The van der Waals surface area contributed by atoms with Gasteiger partial charge >= 0.3 is 0 Å². The first kappa shape index (κ1) is 17.7. The van der Waals surface area contributed by atoms with E-state index in [1.165, 1.54) is 0 Å². The van der Waals surface area contributed by atoms with Crippen molar-refractivity contribution in [3.63, 3.8) is 0 Å². The Morgan fingerprint density at radius 2 is 2.17 bits per heavy atom. The molecule has 0 saturated carbocycles. The summed E-state index contributed by atoms with van der Waals surface area (Å²) in [6, 6.07) is 14.6. The molecule has 8 heteroatoms. The smallest absolute Gasteiger partial charge is 0.237 e.